The molecule has 3 nitrogen and oxygen atoms in total. The molecule has 0 saturated carbocycles. The van der Waals surface area contributed by atoms with E-state index in [1.165, 1.54) is 16.8 Å². The Labute approximate surface area is 116 Å². The molecular weight excluding hydrogens is 234 g/mol. The molecule has 1 aliphatic heterocycles. The highest BCUT2D eigenvalue weighted by Gasteiger charge is 2.31. The molecule has 1 aromatic carbocycles. The number of nitrogens with zero attached hydrogens (tertiary/aromatic N) is 3. The van der Waals surface area contributed by atoms with Gasteiger partial charge in [0.05, 0.1) is 18.5 Å². The van der Waals surface area contributed by atoms with E-state index in [-0.39, 0.29) is 0 Å². The minimum Gasteiger partial charge on any atom is -0.362 e. The number of piperazine rings is 1. The van der Waals surface area contributed by atoms with Crippen LogP contribution < -0.4 is 4.90 Å². The van der Waals surface area contributed by atoms with Gasteiger partial charge in [-0.05, 0) is 45.0 Å². The number of rotatable bonds is 2. The van der Waals surface area contributed by atoms with E-state index in [1.807, 2.05) is 0 Å². The molecule has 1 saturated heterocycles. The van der Waals surface area contributed by atoms with Crippen molar-refractivity contribution in [3.8, 4) is 6.07 Å². The molecule has 2 unspecified atom stereocenters. The molecule has 102 valence electrons. The molecule has 19 heavy (non-hydrogen) atoms. The van der Waals surface area contributed by atoms with E-state index in [9.17, 15) is 0 Å². The summed E-state index contributed by atoms with van der Waals surface area (Å²) in [6.45, 7) is 8.55. The van der Waals surface area contributed by atoms with Crippen LogP contribution in [0.25, 0.3) is 0 Å². The maximum absolute atomic E-state index is 9.08. The van der Waals surface area contributed by atoms with Gasteiger partial charge in [0.1, 0.15) is 0 Å². The Morgan fingerprint density at radius 3 is 2.74 bits per heavy atom. The van der Waals surface area contributed by atoms with Crippen LogP contribution in [0.15, 0.2) is 18.2 Å². The zero-order chi connectivity index (χ0) is 14.0. The first-order chi connectivity index (χ1) is 9.02. The van der Waals surface area contributed by atoms with Crippen molar-refractivity contribution in [2.75, 3.05) is 25.0 Å². The van der Waals surface area contributed by atoms with Crippen molar-refractivity contribution in [2.24, 2.45) is 0 Å². The number of hydrogen-bond donors (Lipinski definition) is 0. The zero-order valence-electron chi connectivity index (χ0n) is 12.3. The number of nitriles is 1. The normalized spacial score (nSPS) is 24.3. The Hall–Kier alpha value is -1.53. The summed E-state index contributed by atoms with van der Waals surface area (Å²) >= 11 is 0. The standard InChI is InChI=1S/C16H23N3/c1-12-5-6-13(2)16(9-12)19-14(3)10-18(4)11-15(19)7-8-17/h5-6,9,14-15H,7,10-11H2,1-4H3. The topological polar surface area (TPSA) is 30.3 Å². The molecule has 3 heteroatoms. The molecule has 2 atom stereocenters. The summed E-state index contributed by atoms with van der Waals surface area (Å²) in [4.78, 5) is 4.78. The van der Waals surface area contributed by atoms with Crippen molar-refractivity contribution in [3.05, 3.63) is 29.3 Å². The van der Waals surface area contributed by atoms with Crippen LogP contribution in [0.2, 0.25) is 0 Å². The van der Waals surface area contributed by atoms with Gasteiger partial charge >= 0.3 is 0 Å². The summed E-state index contributed by atoms with van der Waals surface area (Å²) in [5, 5.41) is 9.08. The lowest BCUT2D eigenvalue weighted by Crippen LogP contribution is -2.57. The first-order valence-electron chi connectivity index (χ1n) is 6.94. The highest BCUT2D eigenvalue weighted by molar-refractivity contribution is 5.57. The van der Waals surface area contributed by atoms with Gasteiger partial charge in [-0.2, -0.15) is 5.26 Å². The Morgan fingerprint density at radius 2 is 2.05 bits per heavy atom. The molecule has 0 amide bonds. The molecule has 0 bridgehead atoms. The van der Waals surface area contributed by atoms with Gasteiger partial charge in [0.25, 0.3) is 0 Å². The predicted molar refractivity (Wildman–Crippen MR) is 79.4 cm³/mol. The van der Waals surface area contributed by atoms with E-state index < -0.39 is 0 Å². The minimum absolute atomic E-state index is 0.291. The van der Waals surface area contributed by atoms with Crippen molar-refractivity contribution in [2.45, 2.75) is 39.3 Å². The zero-order valence-corrected chi connectivity index (χ0v) is 12.3. The molecule has 1 fully saturated rings. The molecule has 0 aromatic heterocycles. The van der Waals surface area contributed by atoms with Crippen molar-refractivity contribution in [3.63, 3.8) is 0 Å². The average Bonchev–Trinajstić information content (AvgIpc) is 2.33. The van der Waals surface area contributed by atoms with Crippen LogP contribution in [0.5, 0.6) is 0 Å². The fraction of sp³-hybridized carbons (Fsp3) is 0.562. The van der Waals surface area contributed by atoms with Gasteiger partial charge in [0.15, 0.2) is 0 Å². The quantitative estimate of drug-likeness (QED) is 0.816. The van der Waals surface area contributed by atoms with Crippen LogP contribution in [-0.4, -0.2) is 37.1 Å². The van der Waals surface area contributed by atoms with E-state index in [4.69, 9.17) is 5.26 Å². The third kappa shape index (κ3) is 2.90. The molecule has 0 spiro atoms. The lowest BCUT2D eigenvalue weighted by Gasteiger charge is -2.46. The predicted octanol–water partition coefficient (Wildman–Crippen LogP) is 2.73. The minimum atomic E-state index is 0.291. The van der Waals surface area contributed by atoms with Crippen LogP contribution >= 0.6 is 0 Å². The molecule has 0 radical (unpaired) electrons. The molecule has 1 aromatic rings. The maximum atomic E-state index is 9.08. The molecule has 0 N–H and O–H groups in total. The third-order valence-corrected chi connectivity index (χ3v) is 3.94. The number of hydrogen-bond acceptors (Lipinski definition) is 3. The summed E-state index contributed by atoms with van der Waals surface area (Å²) in [5.41, 5.74) is 3.87. The summed E-state index contributed by atoms with van der Waals surface area (Å²) in [7, 11) is 2.14. The molecular formula is C16H23N3. The Balaban J connectivity index is 2.38. The lowest BCUT2D eigenvalue weighted by atomic mass is 10.0. The number of likely N-dealkylation sites (N-methyl/N-ethyl adjacent to an activating group) is 1. The molecule has 1 heterocycles. The number of aryl methyl sites for hydroxylation is 2. The van der Waals surface area contributed by atoms with Crippen molar-refractivity contribution < 1.29 is 0 Å². The number of anilines is 1. The molecule has 0 aliphatic carbocycles. The lowest BCUT2D eigenvalue weighted by molar-refractivity contribution is 0.233. The Kier molecular flexibility index (Phi) is 4.11. The van der Waals surface area contributed by atoms with E-state index in [1.54, 1.807) is 0 Å². The third-order valence-electron chi connectivity index (χ3n) is 3.94. The van der Waals surface area contributed by atoms with Gasteiger partial charge in [0.2, 0.25) is 0 Å². The van der Waals surface area contributed by atoms with Crippen LogP contribution in [-0.2, 0) is 0 Å². The van der Waals surface area contributed by atoms with E-state index in [0.29, 0.717) is 18.5 Å². The summed E-state index contributed by atoms with van der Waals surface area (Å²) in [6, 6.07) is 9.66. The molecule has 2 rings (SSSR count). The Bertz CT molecular complexity index is 489. The first-order valence-corrected chi connectivity index (χ1v) is 6.94. The van der Waals surface area contributed by atoms with E-state index in [2.05, 4.69) is 61.9 Å². The van der Waals surface area contributed by atoms with Gasteiger partial charge in [-0.3, -0.25) is 0 Å². The highest BCUT2D eigenvalue weighted by atomic mass is 15.3. The van der Waals surface area contributed by atoms with Gasteiger partial charge in [-0.1, -0.05) is 12.1 Å². The second-order valence-electron chi connectivity index (χ2n) is 5.78. The van der Waals surface area contributed by atoms with Gasteiger partial charge in [-0.25, -0.2) is 0 Å². The van der Waals surface area contributed by atoms with Crippen molar-refractivity contribution in [1.29, 1.82) is 5.26 Å². The van der Waals surface area contributed by atoms with Crippen molar-refractivity contribution in [1.82, 2.24) is 4.90 Å². The average molecular weight is 257 g/mol. The van der Waals surface area contributed by atoms with E-state index >= 15 is 0 Å². The van der Waals surface area contributed by atoms with Crippen molar-refractivity contribution >= 4 is 5.69 Å². The summed E-state index contributed by atoms with van der Waals surface area (Å²) in [5.74, 6) is 0. The Morgan fingerprint density at radius 1 is 1.32 bits per heavy atom. The van der Waals surface area contributed by atoms with E-state index in [0.717, 1.165) is 13.1 Å². The first kappa shape index (κ1) is 13.9. The smallest absolute Gasteiger partial charge is 0.0643 e. The van der Waals surface area contributed by atoms with Crippen LogP contribution in [0.3, 0.4) is 0 Å². The monoisotopic (exact) mass is 257 g/mol. The largest absolute Gasteiger partial charge is 0.362 e. The second kappa shape index (κ2) is 5.63. The number of benzene rings is 1. The van der Waals surface area contributed by atoms with Gasteiger partial charge in [0, 0.05) is 24.8 Å². The summed E-state index contributed by atoms with van der Waals surface area (Å²) < 4.78 is 0. The summed E-state index contributed by atoms with van der Waals surface area (Å²) in [6.07, 6.45) is 0.585. The highest BCUT2D eigenvalue weighted by Crippen LogP contribution is 2.29. The van der Waals surface area contributed by atoms with Crippen LogP contribution in [0.1, 0.15) is 24.5 Å². The van der Waals surface area contributed by atoms with Gasteiger partial charge in [-0.15, -0.1) is 0 Å². The van der Waals surface area contributed by atoms with Crippen LogP contribution in [0.4, 0.5) is 5.69 Å². The van der Waals surface area contributed by atoms with Crippen LogP contribution in [0, 0.1) is 25.2 Å². The molecule has 1 aliphatic rings. The fourth-order valence-corrected chi connectivity index (χ4v) is 3.12. The maximum Gasteiger partial charge on any atom is 0.0643 e. The fourth-order valence-electron chi connectivity index (χ4n) is 3.12. The second-order valence-corrected chi connectivity index (χ2v) is 5.78. The SMILES string of the molecule is Cc1ccc(C)c(N2C(C)CN(C)CC2CC#N)c1. The van der Waals surface area contributed by atoms with Gasteiger partial charge < -0.3 is 9.80 Å².